The first-order valence-electron chi connectivity index (χ1n) is 7.80. The summed E-state index contributed by atoms with van der Waals surface area (Å²) in [5.74, 6) is 0.614. The molecule has 1 heterocycles. The van der Waals surface area contributed by atoms with Gasteiger partial charge in [0, 0.05) is 6.54 Å². The van der Waals surface area contributed by atoms with Crippen molar-refractivity contribution in [1.29, 1.82) is 0 Å². The fraction of sp³-hybridized carbons (Fsp3) is 0.750. The molecule has 4 nitrogen and oxygen atoms in total. The average molecular weight is 276 g/mol. The van der Waals surface area contributed by atoms with E-state index in [4.69, 9.17) is 0 Å². The van der Waals surface area contributed by atoms with Gasteiger partial charge in [-0.1, -0.05) is 24.5 Å². The summed E-state index contributed by atoms with van der Waals surface area (Å²) in [6.45, 7) is 4.65. The maximum Gasteiger partial charge on any atom is 0.249 e. The molecule has 1 unspecified atom stereocenters. The summed E-state index contributed by atoms with van der Waals surface area (Å²) in [4.78, 5) is 27.3. The molecule has 0 radical (unpaired) electrons. The van der Waals surface area contributed by atoms with E-state index >= 15 is 0 Å². The molecule has 3 rings (SSSR count). The number of nitrogens with zero attached hydrogens (tertiary/aromatic N) is 1. The molecule has 1 saturated heterocycles. The Kier molecular flexibility index (Phi) is 3.35. The van der Waals surface area contributed by atoms with Crippen LogP contribution in [0.1, 0.15) is 52.4 Å². The minimum atomic E-state index is -0.585. The van der Waals surface area contributed by atoms with Crippen LogP contribution in [0.5, 0.6) is 0 Å². The lowest BCUT2D eigenvalue weighted by molar-refractivity contribution is -0.155. The number of hydrogen-bond donors (Lipinski definition) is 1. The van der Waals surface area contributed by atoms with Gasteiger partial charge in [0.15, 0.2) is 0 Å². The SMILES string of the molecule is CC(C)=CCN1C(=O)C2(CCCC2)NC(=O)C1C1CC1. The van der Waals surface area contributed by atoms with E-state index in [1.54, 1.807) is 0 Å². The van der Waals surface area contributed by atoms with Crippen LogP contribution in [0.25, 0.3) is 0 Å². The summed E-state index contributed by atoms with van der Waals surface area (Å²) < 4.78 is 0. The zero-order chi connectivity index (χ0) is 14.3. The van der Waals surface area contributed by atoms with E-state index in [2.05, 4.69) is 11.4 Å². The molecule has 1 atom stereocenters. The largest absolute Gasteiger partial charge is 0.340 e. The van der Waals surface area contributed by atoms with Crippen LogP contribution in [0.3, 0.4) is 0 Å². The Bertz CT molecular complexity index is 455. The lowest BCUT2D eigenvalue weighted by atomic mass is 9.89. The fourth-order valence-electron chi connectivity index (χ4n) is 3.58. The van der Waals surface area contributed by atoms with Crippen molar-refractivity contribution in [3.05, 3.63) is 11.6 Å². The summed E-state index contributed by atoms with van der Waals surface area (Å²) in [6.07, 6.45) is 7.90. The van der Waals surface area contributed by atoms with Crippen molar-refractivity contribution in [3.63, 3.8) is 0 Å². The van der Waals surface area contributed by atoms with Crippen LogP contribution in [-0.4, -0.2) is 34.8 Å². The van der Waals surface area contributed by atoms with Gasteiger partial charge >= 0.3 is 0 Å². The molecule has 2 amide bonds. The Morgan fingerprint density at radius 2 is 1.95 bits per heavy atom. The summed E-state index contributed by atoms with van der Waals surface area (Å²) in [5, 5.41) is 3.08. The highest BCUT2D eigenvalue weighted by Crippen LogP contribution is 2.41. The second-order valence-electron chi connectivity index (χ2n) is 6.80. The monoisotopic (exact) mass is 276 g/mol. The first-order chi connectivity index (χ1) is 9.53. The zero-order valence-electron chi connectivity index (χ0n) is 12.4. The topological polar surface area (TPSA) is 49.4 Å². The lowest BCUT2D eigenvalue weighted by Crippen LogP contribution is -2.70. The average Bonchev–Trinajstić information content (AvgIpc) is 3.11. The molecule has 4 heteroatoms. The number of rotatable bonds is 3. The highest BCUT2D eigenvalue weighted by Gasteiger charge is 2.54. The van der Waals surface area contributed by atoms with Crippen LogP contribution in [0.15, 0.2) is 11.6 Å². The van der Waals surface area contributed by atoms with E-state index in [0.29, 0.717) is 12.5 Å². The zero-order valence-corrected chi connectivity index (χ0v) is 12.4. The van der Waals surface area contributed by atoms with Gasteiger partial charge in [-0.05, 0) is 45.4 Å². The molecular formula is C16H24N2O2. The van der Waals surface area contributed by atoms with E-state index in [1.807, 2.05) is 18.7 Å². The van der Waals surface area contributed by atoms with Crippen molar-refractivity contribution in [2.24, 2.45) is 5.92 Å². The highest BCUT2D eigenvalue weighted by atomic mass is 16.2. The van der Waals surface area contributed by atoms with Gasteiger partial charge in [0.25, 0.3) is 0 Å². The molecule has 0 aromatic rings. The molecule has 2 aliphatic carbocycles. The first kappa shape index (κ1) is 13.7. The van der Waals surface area contributed by atoms with Crippen LogP contribution < -0.4 is 5.32 Å². The third kappa shape index (κ3) is 2.25. The number of amides is 2. The molecule has 0 aromatic heterocycles. The van der Waals surface area contributed by atoms with Crippen LogP contribution in [0.2, 0.25) is 0 Å². The number of piperazine rings is 1. The van der Waals surface area contributed by atoms with Gasteiger partial charge in [0.2, 0.25) is 11.8 Å². The Balaban J connectivity index is 1.88. The first-order valence-corrected chi connectivity index (χ1v) is 7.80. The van der Waals surface area contributed by atoms with Crippen molar-refractivity contribution in [3.8, 4) is 0 Å². The number of allylic oxidation sites excluding steroid dienone is 1. The third-order valence-corrected chi connectivity index (χ3v) is 4.86. The van der Waals surface area contributed by atoms with Crippen molar-refractivity contribution in [2.45, 2.75) is 64.0 Å². The standard InChI is InChI=1S/C16H24N2O2/c1-11(2)7-10-18-13(12-5-6-12)14(19)17-16(15(18)20)8-3-4-9-16/h7,12-13H,3-6,8-10H2,1-2H3,(H,17,19). The molecule has 3 fully saturated rings. The van der Waals surface area contributed by atoms with Gasteiger partial charge < -0.3 is 10.2 Å². The van der Waals surface area contributed by atoms with Crippen molar-refractivity contribution in [2.75, 3.05) is 6.54 Å². The lowest BCUT2D eigenvalue weighted by Gasteiger charge is -2.44. The second kappa shape index (κ2) is 4.90. The van der Waals surface area contributed by atoms with Crippen LogP contribution in [0.4, 0.5) is 0 Å². The van der Waals surface area contributed by atoms with Crippen molar-refractivity contribution < 1.29 is 9.59 Å². The molecule has 20 heavy (non-hydrogen) atoms. The van der Waals surface area contributed by atoms with E-state index in [9.17, 15) is 9.59 Å². The number of carbonyl (C=O) groups excluding carboxylic acids is 2. The Morgan fingerprint density at radius 3 is 2.50 bits per heavy atom. The van der Waals surface area contributed by atoms with E-state index < -0.39 is 5.54 Å². The molecular weight excluding hydrogens is 252 g/mol. The normalized spacial score (nSPS) is 28.7. The maximum atomic E-state index is 12.9. The van der Waals surface area contributed by atoms with E-state index in [-0.39, 0.29) is 17.9 Å². The molecule has 1 spiro atoms. The minimum Gasteiger partial charge on any atom is -0.340 e. The van der Waals surface area contributed by atoms with Crippen molar-refractivity contribution >= 4 is 11.8 Å². The molecule has 0 aromatic carbocycles. The smallest absolute Gasteiger partial charge is 0.249 e. The Morgan fingerprint density at radius 1 is 1.30 bits per heavy atom. The summed E-state index contributed by atoms with van der Waals surface area (Å²) in [7, 11) is 0. The van der Waals surface area contributed by atoms with E-state index in [1.165, 1.54) is 5.57 Å². The number of nitrogens with one attached hydrogen (secondary N) is 1. The molecule has 0 bridgehead atoms. The van der Waals surface area contributed by atoms with Crippen LogP contribution in [0, 0.1) is 5.92 Å². The number of hydrogen-bond acceptors (Lipinski definition) is 2. The molecule has 3 aliphatic rings. The summed E-state index contributed by atoms with van der Waals surface area (Å²) in [5.41, 5.74) is 0.608. The summed E-state index contributed by atoms with van der Waals surface area (Å²) in [6, 6.07) is -0.232. The third-order valence-electron chi connectivity index (χ3n) is 4.86. The second-order valence-corrected chi connectivity index (χ2v) is 6.80. The quantitative estimate of drug-likeness (QED) is 0.802. The van der Waals surface area contributed by atoms with E-state index in [0.717, 1.165) is 38.5 Å². The van der Waals surface area contributed by atoms with Crippen LogP contribution in [-0.2, 0) is 9.59 Å². The predicted molar refractivity (Wildman–Crippen MR) is 77.0 cm³/mol. The summed E-state index contributed by atoms with van der Waals surface area (Å²) >= 11 is 0. The Labute approximate surface area is 120 Å². The number of carbonyl (C=O) groups is 2. The Hall–Kier alpha value is -1.32. The van der Waals surface area contributed by atoms with Crippen molar-refractivity contribution in [1.82, 2.24) is 10.2 Å². The van der Waals surface area contributed by atoms with Crippen LogP contribution >= 0.6 is 0 Å². The van der Waals surface area contributed by atoms with Gasteiger partial charge in [-0.25, -0.2) is 0 Å². The molecule has 1 aliphatic heterocycles. The van der Waals surface area contributed by atoms with Gasteiger partial charge in [-0.3, -0.25) is 9.59 Å². The molecule has 110 valence electrons. The highest BCUT2D eigenvalue weighted by molar-refractivity contribution is 6.00. The maximum absolute atomic E-state index is 12.9. The van der Waals surface area contributed by atoms with Gasteiger partial charge in [0.1, 0.15) is 11.6 Å². The molecule has 2 saturated carbocycles. The fourth-order valence-corrected chi connectivity index (χ4v) is 3.58. The minimum absolute atomic E-state index is 0.0798. The predicted octanol–water partition coefficient (Wildman–Crippen LogP) is 2.00. The van der Waals surface area contributed by atoms with Gasteiger partial charge in [-0.15, -0.1) is 0 Å². The van der Waals surface area contributed by atoms with Gasteiger partial charge in [0.05, 0.1) is 0 Å². The molecule has 1 N–H and O–H groups in total. The van der Waals surface area contributed by atoms with Gasteiger partial charge in [-0.2, -0.15) is 0 Å².